The first kappa shape index (κ1) is 12.0. The zero-order chi connectivity index (χ0) is 13.2. The molecule has 1 N–H and O–H groups in total. The molecule has 94 valence electrons. The second kappa shape index (κ2) is 4.90. The van der Waals surface area contributed by atoms with Gasteiger partial charge in [-0.15, -0.1) is 0 Å². The van der Waals surface area contributed by atoms with E-state index < -0.39 is 0 Å². The van der Waals surface area contributed by atoms with E-state index >= 15 is 0 Å². The Morgan fingerprint density at radius 2 is 1.84 bits per heavy atom. The molecule has 19 heavy (non-hydrogen) atoms. The first-order valence-corrected chi connectivity index (χ1v) is 6.57. The fourth-order valence-corrected chi connectivity index (χ4v) is 2.29. The molecule has 1 heterocycles. The molecule has 3 aromatic rings. The summed E-state index contributed by atoms with van der Waals surface area (Å²) in [7, 11) is 0. The van der Waals surface area contributed by atoms with Gasteiger partial charge < -0.3 is 9.72 Å². The van der Waals surface area contributed by atoms with Crippen molar-refractivity contribution in [3.8, 4) is 11.5 Å². The third kappa shape index (κ3) is 2.53. The Hall–Kier alpha value is -2.07. The van der Waals surface area contributed by atoms with E-state index in [1.54, 1.807) is 0 Å². The molecule has 0 bridgehead atoms. The number of nitrogens with one attached hydrogen (secondary N) is 1. The summed E-state index contributed by atoms with van der Waals surface area (Å²) in [5, 5.41) is 0.877. The third-order valence-corrected chi connectivity index (χ3v) is 3.23. The third-order valence-electron chi connectivity index (χ3n) is 2.74. The van der Waals surface area contributed by atoms with Crippen LogP contribution < -0.4 is 10.3 Å². The molecule has 1 aromatic heterocycles. The number of para-hydroxylation sites is 1. The minimum atomic E-state index is -0.177. The van der Waals surface area contributed by atoms with Crippen molar-refractivity contribution < 1.29 is 4.74 Å². The number of H-pyrrole nitrogens is 1. The van der Waals surface area contributed by atoms with Crippen molar-refractivity contribution in [2.45, 2.75) is 0 Å². The highest BCUT2D eigenvalue weighted by Gasteiger charge is 2.05. The van der Waals surface area contributed by atoms with Crippen LogP contribution in [0.4, 0.5) is 0 Å². The van der Waals surface area contributed by atoms with E-state index in [2.05, 4.69) is 20.9 Å². The molecule has 0 saturated carbocycles. The Balaban J connectivity index is 2.12. The van der Waals surface area contributed by atoms with Gasteiger partial charge in [0.2, 0.25) is 0 Å². The van der Waals surface area contributed by atoms with Crippen molar-refractivity contribution in [2.75, 3.05) is 0 Å². The average Bonchev–Trinajstić information content (AvgIpc) is 2.38. The molecule has 0 atom stereocenters. The molecule has 3 rings (SSSR count). The Labute approximate surface area is 118 Å². The van der Waals surface area contributed by atoms with Crippen molar-refractivity contribution in [1.29, 1.82) is 0 Å². The number of ether oxygens (including phenoxy) is 1. The van der Waals surface area contributed by atoms with Gasteiger partial charge in [-0.2, -0.15) is 0 Å². The van der Waals surface area contributed by atoms with Crippen molar-refractivity contribution in [3.05, 3.63) is 69.4 Å². The molecule has 2 aromatic carbocycles. The van der Waals surface area contributed by atoms with Crippen LogP contribution in [0.2, 0.25) is 0 Å². The smallest absolute Gasteiger partial charge is 0.252 e. The van der Waals surface area contributed by atoms with E-state index in [9.17, 15) is 4.79 Å². The molecular formula is C15H10BrNO2. The van der Waals surface area contributed by atoms with Gasteiger partial charge in [-0.25, -0.2) is 0 Å². The van der Waals surface area contributed by atoms with Crippen molar-refractivity contribution >= 4 is 26.8 Å². The van der Waals surface area contributed by atoms with E-state index in [0.29, 0.717) is 11.5 Å². The van der Waals surface area contributed by atoms with Gasteiger partial charge in [0.25, 0.3) is 5.56 Å². The van der Waals surface area contributed by atoms with Crippen LogP contribution in [-0.4, -0.2) is 4.98 Å². The molecule has 3 nitrogen and oxygen atoms in total. The predicted octanol–water partition coefficient (Wildman–Crippen LogP) is 4.08. The SMILES string of the molecule is O=c1cc(Oc2cccc(Br)c2)c2ccccc2[nH]1. The highest BCUT2D eigenvalue weighted by atomic mass is 79.9. The minimum Gasteiger partial charge on any atom is -0.456 e. The quantitative estimate of drug-likeness (QED) is 0.774. The van der Waals surface area contributed by atoms with Crippen LogP contribution in [-0.2, 0) is 0 Å². The lowest BCUT2D eigenvalue weighted by molar-refractivity contribution is 0.487. The fourth-order valence-electron chi connectivity index (χ4n) is 1.91. The Morgan fingerprint density at radius 1 is 1.00 bits per heavy atom. The van der Waals surface area contributed by atoms with Crippen LogP contribution in [0.15, 0.2) is 63.9 Å². The van der Waals surface area contributed by atoms with Gasteiger partial charge >= 0.3 is 0 Å². The summed E-state index contributed by atoms with van der Waals surface area (Å²) in [6, 6.07) is 16.5. The summed E-state index contributed by atoms with van der Waals surface area (Å²) < 4.78 is 6.73. The van der Waals surface area contributed by atoms with Gasteiger partial charge in [0.1, 0.15) is 11.5 Å². The topological polar surface area (TPSA) is 42.1 Å². The summed E-state index contributed by atoms with van der Waals surface area (Å²) in [6.07, 6.45) is 0. The van der Waals surface area contributed by atoms with E-state index in [-0.39, 0.29) is 5.56 Å². The monoisotopic (exact) mass is 315 g/mol. The van der Waals surface area contributed by atoms with E-state index in [4.69, 9.17) is 4.74 Å². The van der Waals surface area contributed by atoms with Gasteiger partial charge in [-0.05, 0) is 30.3 Å². The number of rotatable bonds is 2. The number of benzene rings is 2. The molecule has 0 radical (unpaired) electrons. The van der Waals surface area contributed by atoms with E-state index in [1.165, 1.54) is 6.07 Å². The van der Waals surface area contributed by atoms with Crippen LogP contribution in [0, 0.1) is 0 Å². The van der Waals surface area contributed by atoms with Gasteiger partial charge in [0, 0.05) is 15.9 Å². The first-order valence-electron chi connectivity index (χ1n) is 5.78. The summed E-state index contributed by atoms with van der Waals surface area (Å²) in [6.45, 7) is 0. The zero-order valence-electron chi connectivity index (χ0n) is 9.89. The van der Waals surface area contributed by atoms with Crippen LogP contribution in [0.25, 0.3) is 10.9 Å². The standard InChI is InChI=1S/C15H10BrNO2/c16-10-4-3-5-11(8-10)19-14-9-15(18)17-13-7-2-1-6-12(13)14/h1-9H,(H,17,18). The molecule has 4 heteroatoms. The van der Waals surface area contributed by atoms with Gasteiger partial charge in [-0.3, -0.25) is 4.79 Å². The Bertz CT molecular complexity index is 795. The molecular weight excluding hydrogens is 306 g/mol. The maximum absolute atomic E-state index is 11.6. The molecule has 0 spiro atoms. The lowest BCUT2D eigenvalue weighted by atomic mass is 10.2. The van der Waals surface area contributed by atoms with Gasteiger partial charge in [0.05, 0.1) is 5.52 Å². The number of fused-ring (bicyclic) bond motifs is 1. The molecule has 0 unspecified atom stereocenters. The lowest BCUT2D eigenvalue weighted by Crippen LogP contribution is -2.04. The van der Waals surface area contributed by atoms with Crippen LogP contribution in [0.1, 0.15) is 0 Å². The molecule has 0 fully saturated rings. The number of hydrogen-bond acceptors (Lipinski definition) is 2. The zero-order valence-corrected chi connectivity index (χ0v) is 11.5. The van der Waals surface area contributed by atoms with Crippen molar-refractivity contribution in [2.24, 2.45) is 0 Å². The lowest BCUT2D eigenvalue weighted by Gasteiger charge is -2.08. The summed E-state index contributed by atoms with van der Waals surface area (Å²) >= 11 is 3.39. The Kier molecular flexibility index (Phi) is 3.09. The minimum absolute atomic E-state index is 0.177. The highest BCUT2D eigenvalue weighted by molar-refractivity contribution is 9.10. The van der Waals surface area contributed by atoms with Crippen molar-refractivity contribution in [1.82, 2.24) is 4.98 Å². The van der Waals surface area contributed by atoms with Crippen LogP contribution in [0.5, 0.6) is 11.5 Å². The van der Waals surface area contributed by atoms with Gasteiger partial charge in [-0.1, -0.05) is 34.1 Å². The number of aromatic amines is 1. The van der Waals surface area contributed by atoms with E-state index in [0.717, 1.165) is 15.4 Å². The summed E-state index contributed by atoms with van der Waals surface area (Å²) in [5.41, 5.74) is 0.587. The average molecular weight is 316 g/mol. The number of halogens is 1. The molecule has 0 aliphatic heterocycles. The van der Waals surface area contributed by atoms with Gasteiger partial charge in [0.15, 0.2) is 0 Å². The summed E-state index contributed by atoms with van der Waals surface area (Å²) in [5.74, 6) is 1.24. The molecule has 0 aliphatic carbocycles. The van der Waals surface area contributed by atoms with Crippen LogP contribution >= 0.6 is 15.9 Å². The summed E-state index contributed by atoms with van der Waals surface area (Å²) in [4.78, 5) is 14.4. The molecule has 0 aliphatic rings. The van der Waals surface area contributed by atoms with Crippen LogP contribution in [0.3, 0.4) is 0 Å². The maximum Gasteiger partial charge on any atom is 0.252 e. The Morgan fingerprint density at radius 3 is 2.68 bits per heavy atom. The van der Waals surface area contributed by atoms with E-state index in [1.807, 2.05) is 48.5 Å². The second-order valence-electron chi connectivity index (χ2n) is 4.10. The largest absolute Gasteiger partial charge is 0.456 e. The number of hydrogen-bond donors (Lipinski definition) is 1. The fraction of sp³-hybridized carbons (Fsp3) is 0. The predicted molar refractivity (Wildman–Crippen MR) is 78.8 cm³/mol. The molecule has 0 amide bonds. The number of pyridine rings is 1. The first-order chi connectivity index (χ1) is 9.22. The second-order valence-corrected chi connectivity index (χ2v) is 5.02. The maximum atomic E-state index is 11.6. The normalized spacial score (nSPS) is 10.6. The van der Waals surface area contributed by atoms with Crippen molar-refractivity contribution in [3.63, 3.8) is 0 Å². The molecule has 0 saturated heterocycles. The number of aromatic nitrogens is 1. The highest BCUT2D eigenvalue weighted by Crippen LogP contribution is 2.28.